The van der Waals surface area contributed by atoms with Crippen LogP contribution >= 0.6 is 0 Å². The van der Waals surface area contributed by atoms with Gasteiger partial charge in [0.15, 0.2) is 0 Å². The van der Waals surface area contributed by atoms with Crippen LogP contribution in [0.2, 0.25) is 0 Å². The molecule has 6 heteroatoms. The van der Waals surface area contributed by atoms with Crippen LogP contribution in [0.4, 0.5) is 11.4 Å². The maximum atomic E-state index is 11.6. The number of carbonyl (C=O) groups is 1. The van der Waals surface area contributed by atoms with Gasteiger partial charge in [-0.05, 0) is 31.2 Å². The molecule has 6 nitrogen and oxygen atoms in total. The van der Waals surface area contributed by atoms with Crippen LogP contribution in [0.1, 0.15) is 32.1 Å². The zero-order valence-corrected chi connectivity index (χ0v) is 11.6. The molecule has 1 saturated heterocycles. The van der Waals surface area contributed by atoms with Gasteiger partial charge in [-0.2, -0.15) is 0 Å². The van der Waals surface area contributed by atoms with Crippen molar-refractivity contribution < 1.29 is 14.8 Å². The van der Waals surface area contributed by atoms with Gasteiger partial charge in [0, 0.05) is 23.9 Å². The van der Waals surface area contributed by atoms with Crippen molar-refractivity contribution in [2.24, 2.45) is 5.92 Å². The zero-order valence-electron chi connectivity index (χ0n) is 11.6. The van der Waals surface area contributed by atoms with Crippen LogP contribution in [0.3, 0.4) is 0 Å². The number of nitrogens with zero attached hydrogens (tertiary/aromatic N) is 2. The Balaban J connectivity index is 1.98. The molecule has 2 fully saturated rings. The first-order valence-corrected chi connectivity index (χ1v) is 7.33. The molecule has 0 spiro atoms. The normalized spacial score (nSPS) is 28.2. The number of benzene rings is 1. The Labute approximate surface area is 122 Å². The number of hydrogen-bond acceptors (Lipinski definition) is 4. The van der Waals surface area contributed by atoms with Crippen LogP contribution in [0.5, 0.6) is 0 Å². The highest BCUT2D eigenvalue weighted by molar-refractivity contribution is 5.80. The molecule has 0 radical (unpaired) electrons. The second-order valence-corrected chi connectivity index (χ2v) is 5.89. The van der Waals surface area contributed by atoms with Crippen molar-refractivity contribution in [3.8, 4) is 0 Å². The molecule has 0 bridgehead atoms. The molecule has 1 aromatic carbocycles. The summed E-state index contributed by atoms with van der Waals surface area (Å²) in [4.78, 5) is 24.0. The summed E-state index contributed by atoms with van der Waals surface area (Å²) in [5.74, 6) is -0.449. The lowest BCUT2D eigenvalue weighted by Crippen LogP contribution is -2.42. The van der Waals surface area contributed by atoms with Gasteiger partial charge in [-0.15, -0.1) is 0 Å². The fourth-order valence-electron chi connectivity index (χ4n) is 3.82. The number of rotatable bonds is 3. The van der Waals surface area contributed by atoms with E-state index in [1.165, 1.54) is 12.1 Å². The first-order chi connectivity index (χ1) is 10.1. The lowest BCUT2D eigenvalue weighted by Gasteiger charge is -2.34. The van der Waals surface area contributed by atoms with E-state index in [4.69, 9.17) is 0 Å². The van der Waals surface area contributed by atoms with Gasteiger partial charge in [0.2, 0.25) is 0 Å². The van der Waals surface area contributed by atoms with Crippen molar-refractivity contribution in [2.75, 3.05) is 4.90 Å². The third kappa shape index (κ3) is 2.46. The van der Waals surface area contributed by atoms with E-state index in [2.05, 4.69) is 0 Å². The number of nitro benzene ring substituents is 1. The average molecular weight is 290 g/mol. The molecule has 3 rings (SSSR count). The summed E-state index contributed by atoms with van der Waals surface area (Å²) >= 11 is 0. The molecular weight excluding hydrogens is 272 g/mol. The number of hydrogen-bond donors (Lipinski definition) is 1. The van der Waals surface area contributed by atoms with E-state index in [0.717, 1.165) is 25.7 Å². The largest absolute Gasteiger partial charge is 0.480 e. The number of non-ortho nitro benzene ring substituents is 1. The zero-order chi connectivity index (χ0) is 15.0. The Hall–Kier alpha value is -2.11. The molecule has 0 amide bonds. The Morgan fingerprint density at radius 3 is 2.81 bits per heavy atom. The molecule has 2 aliphatic rings. The lowest BCUT2D eigenvalue weighted by atomic mass is 9.84. The van der Waals surface area contributed by atoms with Gasteiger partial charge in [0.1, 0.15) is 6.04 Å². The van der Waals surface area contributed by atoms with Crippen LogP contribution in [0.25, 0.3) is 0 Å². The minimum Gasteiger partial charge on any atom is -0.480 e. The minimum absolute atomic E-state index is 0.0101. The Morgan fingerprint density at radius 2 is 2.10 bits per heavy atom. The maximum Gasteiger partial charge on any atom is 0.326 e. The molecule has 1 aromatic rings. The molecule has 112 valence electrons. The second-order valence-electron chi connectivity index (χ2n) is 5.89. The van der Waals surface area contributed by atoms with Crippen LogP contribution in [-0.2, 0) is 4.79 Å². The fraction of sp³-hybridized carbons (Fsp3) is 0.533. The van der Waals surface area contributed by atoms with Gasteiger partial charge in [0.05, 0.1) is 4.92 Å². The molecule has 1 N–H and O–H groups in total. The van der Waals surface area contributed by atoms with E-state index < -0.39 is 16.9 Å². The van der Waals surface area contributed by atoms with Crippen molar-refractivity contribution in [3.63, 3.8) is 0 Å². The molecule has 1 aliphatic heterocycles. The third-order valence-electron chi connectivity index (χ3n) is 4.71. The Kier molecular flexibility index (Phi) is 3.53. The minimum atomic E-state index is -0.837. The van der Waals surface area contributed by atoms with E-state index >= 15 is 0 Å². The molecule has 0 aromatic heterocycles. The first kappa shape index (κ1) is 13.9. The molecule has 21 heavy (non-hydrogen) atoms. The Bertz CT molecular complexity index is 575. The number of fused-ring (bicyclic) bond motifs is 1. The van der Waals surface area contributed by atoms with Crippen LogP contribution in [-0.4, -0.2) is 28.1 Å². The van der Waals surface area contributed by atoms with E-state index in [9.17, 15) is 20.0 Å². The van der Waals surface area contributed by atoms with Crippen molar-refractivity contribution in [2.45, 2.75) is 44.2 Å². The quantitative estimate of drug-likeness (QED) is 0.683. The summed E-state index contributed by atoms with van der Waals surface area (Å²) in [5, 5.41) is 20.4. The van der Waals surface area contributed by atoms with Gasteiger partial charge in [-0.3, -0.25) is 10.1 Å². The van der Waals surface area contributed by atoms with Gasteiger partial charge in [0.25, 0.3) is 5.69 Å². The second kappa shape index (κ2) is 5.35. The van der Waals surface area contributed by atoms with E-state index in [1.807, 2.05) is 4.90 Å². The summed E-state index contributed by atoms with van der Waals surface area (Å²) in [6.45, 7) is 0. The number of carboxylic acid groups (broad SMARTS) is 1. The highest BCUT2D eigenvalue weighted by atomic mass is 16.6. The topological polar surface area (TPSA) is 83.7 Å². The summed E-state index contributed by atoms with van der Waals surface area (Å²) in [7, 11) is 0. The average Bonchev–Trinajstić information content (AvgIpc) is 2.87. The molecule has 3 unspecified atom stereocenters. The summed E-state index contributed by atoms with van der Waals surface area (Å²) in [5.41, 5.74) is 0.668. The number of carboxylic acids is 1. The Morgan fingerprint density at radius 1 is 1.33 bits per heavy atom. The smallest absolute Gasteiger partial charge is 0.326 e. The predicted octanol–water partition coefficient (Wildman–Crippen LogP) is 2.82. The van der Waals surface area contributed by atoms with E-state index in [-0.39, 0.29) is 11.7 Å². The molecular formula is C15H18N2O4. The van der Waals surface area contributed by atoms with Gasteiger partial charge >= 0.3 is 5.97 Å². The first-order valence-electron chi connectivity index (χ1n) is 7.33. The number of nitro groups is 1. The molecule has 3 atom stereocenters. The van der Waals surface area contributed by atoms with Crippen LogP contribution in [0, 0.1) is 16.0 Å². The highest BCUT2D eigenvalue weighted by Crippen LogP contribution is 2.42. The summed E-state index contributed by atoms with van der Waals surface area (Å²) in [6, 6.07) is 5.96. The van der Waals surface area contributed by atoms with E-state index in [1.54, 1.807) is 12.1 Å². The fourth-order valence-corrected chi connectivity index (χ4v) is 3.82. The van der Waals surface area contributed by atoms with Crippen LogP contribution < -0.4 is 4.90 Å². The van der Waals surface area contributed by atoms with Crippen molar-refractivity contribution in [1.82, 2.24) is 0 Å². The summed E-state index contributed by atoms with van der Waals surface area (Å²) < 4.78 is 0. The van der Waals surface area contributed by atoms with E-state index in [0.29, 0.717) is 18.0 Å². The standard InChI is InChI=1S/C15H18N2O4/c18-15(19)14-8-10-4-1-2-7-13(10)16(14)11-5-3-6-12(9-11)17(20)21/h3,5-6,9-10,13-14H,1-2,4,7-8H2,(H,18,19). The van der Waals surface area contributed by atoms with Crippen molar-refractivity contribution in [1.29, 1.82) is 0 Å². The highest BCUT2D eigenvalue weighted by Gasteiger charge is 2.45. The van der Waals surface area contributed by atoms with Crippen molar-refractivity contribution >= 4 is 17.3 Å². The SMILES string of the molecule is O=C(O)C1CC2CCCCC2N1c1cccc([N+](=O)[O-])c1. The predicted molar refractivity (Wildman–Crippen MR) is 77.4 cm³/mol. The third-order valence-corrected chi connectivity index (χ3v) is 4.71. The molecule has 1 aliphatic carbocycles. The molecule has 1 heterocycles. The van der Waals surface area contributed by atoms with Crippen LogP contribution in [0.15, 0.2) is 24.3 Å². The lowest BCUT2D eigenvalue weighted by molar-refractivity contribution is -0.384. The van der Waals surface area contributed by atoms with Gasteiger partial charge in [-0.25, -0.2) is 4.79 Å². The number of aliphatic carboxylic acids is 1. The monoisotopic (exact) mass is 290 g/mol. The number of anilines is 1. The van der Waals surface area contributed by atoms with Gasteiger partial charge in [-0.1, -0.05) is 18.9 Å². The molecule has 1 saturated carbocycles. The maximum absolute atomic E-state index is 11.6. The summed E-state index contributed by atoms with van der Waals surface area (Å²) in [6.07, 6.45) is 4.91. The van der Waals surface area contributed by atoms with Crippen molar-refractivity contribution in [3.05, 3.63) is 34.4 Å². The van der Waals surface area contributed by atoms with Gasteiger partial charge < -0.3 is 10.0 Å².